The summed E-state index contributed by atoms with van der Waals surface area (Å²) < 4.78 is 5.62. The van der Waals surface area contributed by atoms with E-state index in [1.807, 2.05) is 30.3 Å². The van der Waals surface area contributed by atoms with Gasteiger partial charge in [0.15, 0.2) is 5.78 Å². The molecule has 2 aromatic carbocycles. The molecule has 0 spiro atoms. The Morgan fingerprint density at radius 1 is 1.04 bits per heavy atom. The van der Waals surface area contributed by atoms with Crippen molar-refractivity contribution in [2.45, 2.75) is 26.7 Å². The summed E-state index contributed by atoms with van der Waals surface area (Å²) in [4.78, 5) is 23.2. The van der Waals surface area contributed by atoms with Crippen molar-refractivity contribution in [2.75, 3.05) is 6.61 Å². The Morgan fingerprint density at radius 2 is 1.69 bits per heavy atom. The smallest absolute Gasteiger partial charge is 0.309 e. The normalized spacial score (nSPS) is 11.5. The molecule has 0 aromatic heterocycles. The van der Waals surface area contributed by atoms with Crippen LogP contribution in [0.25, 0.3) is 6.08 Å². The molecular formula is C22H24O4. The van der Waals surface area contributed by atoms with E-state index in [-0.39, 0.29) is 5.78 Å². The Balaban J connectivity index is 1.83. The molecular weight excluding hydrogens is 328 g/mol. The fourth-order valence-corrected chi connectivity index (χ4v) is 2.36. The molecule has 4 heteroatoms. The van der Waals surface area contributed by atoms with Crippen LogP contribution in [-0.2, 0) is 4.79 Å². The van der Waals surface area contributed by atoms with E-state index in [4.69, 9.17) is 9.84 Å². The Labute approximate surface area is 154 Å². The zero-order valence-electron chi connectivity index (χ0n) is 15.1. The average molecular weight is 352 g/mol. The van der Waals surface area contributed by atoms with Gasteiger partial charge in [0.2, 0.25) is 0 Å². The quantitative estimate of drug-likeness (QED) is 0.398. The Hall–Kier alpha value is -2.88. The van der Waals surface area contributed by atoms with Crippen LogP contribution >= 0.6 is 0 Å². The van der Waals surface area contributed by atoms with Crippen LogP contribution in [0.1, 0.15) is 42.6 Å². The molecule has 136 valence electrons. The predicted molar refractivity (Wildman–Crippen MR) is 102 cm³/mol. The number of carbonyl (C=O) groups excluding carboxylic acids is 1. The molecule has 0 aliphatic carbocycles. The van der Waals surface area contributed by atoms with Gasteiger partial charge >= 0.3 is 5.97 Å². The third-order valence-electron chi connectivity index (χ3n) is 4.16. The fourth-order valence-electron chi connectivity index (χ4n) is 2.36. The molecule has 0 saturated carbocycles. The van der Waals surface area contributed by atoms with E-state index in [1.165, 1.54) is 0 Å². The standard InChI is InChI=1S/C22H24O4/c1-22(2,21(24)25)15-6-16-26-19-12-10-18(11-13-19)20(23)14-9-17-7-4-3-5-8-17/h3-5,7-14H,6,15-16H2,1-2H3,(H,24,25)/b14-9+. The summed E-state index contributed by atoms with van der Waals surface area (Å²) in [6.07, 6.45) is 4.54. The fraction of sp³-hybridized carbons (Fsp3) is 0.273. The first-order valence-electron chi connectivity index (χ1n) is 8.62. The summed E-state index contributed by atoms with van der Waals surface area (Å²) in [6, 6.07) is 16.6. The molecule has 4 nitrogen and oxygen atoms in total. The number of hydrogen-bond acceptors (Lipinski definition) is 3. The summed E-state index contributed by atoms with van der Waals surface area (Å²) in [6.45, 7) is 3.86. The van der Waals surface area contributed by atoms with Gasteiger partial charge in [-0.25, -0.2) is 0 Å². The van der Waals surface area contributed by atoms with Gasteiger partial charge in [-0.2, -0.15) is 0 Å². The van der Waals surface area contributed by atoms with Gasteiger partial charge < -0.3 is 9.84 Å². The second-order valence-corrected chi connectivity index (χ2v) is 6.77. The SMILES string of the molecule is CC(C)(CCCOc1ccc(C(=O)/C=C/c2ccccc2)cc1)C(=O)O. The number of hydrogen-bond donors (Lipinski definition) is 1. The summed E-state index contributed by atoms with van der Waals surface area (Å²) in [7, 11) is 0. The zero-order valence-corrected chi connectivity index (χ0v) is 15.1. The molecule has 0 unspecified atom stereocenters. The number of ether oxygens (including phenoxy) is 1. The van der Waals surface area contributed by atoms with Crippen LogP contribution in [0.3, 0.4) is 0 Å². The highest BCUT2D eigenvalue weighted by Gasteiger charge is 2.26. The molecule has 2 rings (SSSR count). The molecule has 26 heavy (non-hydrogen) atoms. The number of ketones is 1. The average Bonchev–Trinajstić information content (AvgIpc) is 2.64. The maximum Gasteiger partial charge on any atom is 0.309 e. The van der Waals surface area contributed by atoms with Gasteiger partial charge in [-0.05, 0) is 62.6 Å². The predicted octanol–water partition coefficient (Wildman–Crippen LogP) is 4.85. The molecule has 0 amide bonds. The number of carboxylic acid groups (broad SMARTS) is 1. The third-order valence-corrected chi connectivity index (χ3v) is 4.16. The molecule has 0 radical (unpaired) electrons. The molecule has 0 aliphatic heterocycles. The number of benzene rings is 2. The van der Waals surface area contributed by atoms with Crippen LogP contribution in [0.4, 0.5) is 0 Å². The number of carboxylic acids is 1. The number of allylic oxidation sites excluding steroid dienone is 1. The second kappa shape index (κ2) is 8.99. The molecule has 0 aliphatic rings. The molecule has 1 N–H and O–H groups in total. The van der Waals surface area contributed by atoms with Crippen LogP contribution in [0.5, 0.6) is 5.75 Å². The van der Waals surface area contributed by atoms with E-state index in [0.29, 0.717) is 30.8 Å². The van der Waals surface area contributed by atoms with E-state index in [9.17, 15) is 9.59 Å². The minimum Gasteiger partial charge on any atom is -0.494 e. The summed E-state index contributed by atoms with van der Waals surface area (Å²) in [5.74, 6) is -0.200. The van der Waals surface area contributed by atoms with Crippen LogP contribution in [0.2, 0.25) is 0 Å². The van der Waals surface area contributed by atoms with Crippen molar-refractivity contribution in [2.24, 2.45) is 5.41 Å². The maximum absolute atomic E-state index is 12.2. The summed E-state index contributed by atoms with van der Waals surface area (Å²) >= 11 is 0. The minimum atomic E-state index is -0.802. The highest BCUT2D eigenvalue weighted by molar-refractivity contribution is 6.06. The highest BCUT2D eigenvalue weighted by Crippen LogP contribution is 2.22. The van der Waals surface area contributed by atoms with E-state index in [1.54, 1.807) is 50.3 Å². The van der Waals surface area contributed by atoms with Gasteiger partial charge in [-0.15, -0.1) is 0 Å². The Kier molecular flexibility index (Phi) is 6.73. The first-order chi connectivity index (χ1) is 12.4. The minimum absolute atomic E-state index is 0.0661. The van der Waals surface area contributed by atoms with E-state index in [0.717, 1.165) is 5.56 Å². The number of rotatable bonds is 9. The van der Waals surface area contributed by atoms with Gasteiger partial charge in [0.25, 0.3) is 0 Å². The largest absolute Gasteiger partial charge is 0.494 e. The number of carbonyl (C=O) groups is 2. The topological polar surface area (TPSA) is 63.6 Å². The number of aliphatic carboxylic acids is 1. The molecule has 0 bridgehead atoms. The Morgan fingerprint density at radius 3 is 2.31 bits per heavy atom. The first kappa shape index (κ1) is 19.4. The van der Waals surface area contributed by atoms with Gasteiger partial charge in [-0.3, -0.25) is 9.59 Å². The van der Waals surface area contributed by atoms with Gasteiger partial charge in [0, 0.05) is 5.56 Å². The van der Waals surface area contributed by atoms with Crippen LogP contribution < -0.4 is 4.74 Å². The van der Waals surface area contributed by atoms with Crippen molar-refractivity contribution in [1.29, 1.82) is 0 Å². The lowest BCUT2D eigenvalue weighted by Gasteiger charge is -2.18. The van der Waals surface area contributed by atoms with Gasteiger partial charge in [0.1, 0.15) is 5.75 Å². The van der Waals surface area contributed by atoms with Crippen molar-refractivity contribution >= 4 is 17.8 Å². The van der Waals surface area contributed by atoms with E-state index < -0.39 is 11.4 Å². The van der Waals surface area contributed by atoms with Crippen molar-refractivity contribution in [3.63, 3.8) is 0 Å². The summed E-state index contributed by atoms with van der Waals surface area (Å²) in [5, 5.41) is 9.08. The lowest BCUT2D eigenvalue weighted by Crippen LogP contribution is -2.24. The Bertz CT molecular complexity index is 758. The second-order valence-electron chi connectivity index (χ2n) is 6.77. The van der Waals surface area contributed by atoms with Gasteiger partial charge in [-0.1, -0.05) is 36.4 Å². The first-order valence-corrected chi connectivity index (χ1v) is 8.62. The van der Waals surface area contributed by atoms with Gasteiger partial charge in [0.05, 0.1) is 12.0 Å². The third kappa shape index (κ3) is 5.88. The molecule has 0 saturated heterocycles. The van der Waals surface area contributed by atoms with Crippen molar-refractivity contribution in [1.82, 2.24) is 0 Å². The van der Waals surface area contributed by atoms with E-state index in [2.05, 4.69) is 0 Å². The monoisotopic (exact) mass is 352 g/mol. The van der Waals surface area contributed by atoms with Crippen molar-refractivity contribution in [3.8, 4) is 5.75 Å². The molecule has 0 heterocycles. The van der Waals surface area contributed by atoms with Crippen molar-refractivity contribution < 1.29 is 19.4 Å². The van der Waals surface area contributed by atoms with Crippen LogP contribution in [0.15, 0.2) is 60.7 Å². The highest BCUT2D eigenvalue weighted by atomic mass is 16.5. The van der Waals surface area contributed by atoms with Crippen LogP contribution in [-0.4, -0.2) is 23.5 Å². The molecule has 0 fully saturated rings. The zero-order chi connectivity index (χ0) is 19.0. The van der Waals surface area contributed by atoms with Crippen LogP contribution in [0, 0.1) is 5.41 Å². The van der Waals surface area contributed by atoms with Crippen molar-refractivity contribution in [3.05, 3.63) is 71.8 Å². The summed E-state index contributed by atoms with van der Waals surface area (Å²) in [5.41, 5.74) is 0.826. The maximum atomic E-state index is 12.2. The molecule has 0 atom stereocenters. The lowest BCUT2D eigenvalue weighted by atomic mass is 9.88. The van der Waals surface area contributed by atoms with E-state index >= 15 is 0 Å². The lowest BCUT2D eigenvalue weighted by molar-refractivity contribution is -0.147. The molecule has 2 aromatic rings.